The van der Waals surface area contributed by atoms with Crippen LogP contribution >= 0.6 is 0 Å². The highest BCUT2D eigenvalue weighted by Gasteiger charge is 2.18. The highest BCUT2D eigenvalue weighted by molar-refractivity contribution is 5.96. The second kappa shape index (κ2) is 4.52. The minimum absolute atomic E-state index is 0.202. The van der Waals surface area contributed by atoms with E-state index in [0.717, 1.165) is 25.2 Å². The van der Waals surface area contributed by atoms with Crippen LogP contribution in [-0.2, 0) is 5.41 Å². The van der Waals surface area contributed by atoms with Gasteiger partial charge in [0.25, 0.3) is 0 Å². The normalized spacial score (nSPS) is 17.4. The van der Waals surface area contributed by atoms with Gasteiger partial charge in [-0.25, -0.2) is 0 Å². The van der Waals surface area contributed by atoms with E-state index in [-0.39, 0.29) is 5.41 Å². The van der Waals surface area contributed by atoms with Gasteiger partial charge in [0.15, 0.2) is 0 Å². The first kappa shape index (κ1) is 12.2. The number of nitrogens with zero attached hydrogens (tertiary/aromatic N) is 1. The largest absolute Gasteiger partial charge is 0.330 e. The molecule has 1 heterocycles. The summed E-state index contributed by atoms with van der Waals surface area (Å²) in [5.41, 5.74) is 2.72. The molecule has 0 aliphatic carbocycles. The third-order valence-corrected chi connectivity index (χ3v) is 3.42. The molecule has 0 saturated carbocycles. The van der Waals surface area contributed by atoms with Gasteiger partial charge in [0.05, 0.1) is 0 Å². The number of hydrogen-bond acceptors (Lipinski definition) is 1. The summed E-state index contributed by atoms with van der Waals surface area (Å²) in [5.74, 6) is 0.764. The van der Waals surface area contributed by atoms with Crippen LogP contribution in [-0.4, -0.2) is 12.4 Å². The van der Waals surface area contributed by atoms with E-state index in [1.165, 1.54) is 17.7 Å². The van der Waals surface area contributed by atoms with Gasteiger partial charge in [0.1, 0.15) is 5.84 Å². The monoisotopic (exact) mass is 230 g/mol. The van der Waals surface area contributed by atoms with E-state index < -0.39 is 0 Å². The van der Waals surface area contributed by atoms with Gasteiger partial charge in [-0.15, -0.1) is 0 Å². The third kappa shape index (κ3) is 2.68. The highest BCUT2D eigenvalue weighted by Crippen LogP contribution is 2.26. The van der Waals surface area contributed by atoms with Gasteiger partial charge in [-0.3, -0.25) is 5.41 Å². The Morgan fingerprint density at radius 1 is 1.06 bits per heavy atom. The van der Waals surface area contributed by atoms with Crippen molar-refractivity contribution in [3.8, 4) is 0 Å². The van der Waals surface area contributed by atoms with Crippen molar-refractivity contribution < 1.29 is 0 Å². The molecule has 92 valence electrons. The first-order chi connectivity index (χ1) is 7.98. The second-order valence-electron chi connectivity index (χ2n) is 5.85. The van der Waals surface area contributed by atoms with E-state index in [0.29, 0.717) is 0 Å². The molecule has 1 fully saturated rings. The van der Waals surface area contributed by atoms with Crippen molar-refractivity contribution in [2.45, 2.75) is 45.4 Å². The molecule has 1 aromatic carbocycles. The first-order valence-electron chi connectivity index (χ1n) is 6.44. The van der Waals surface area contributed by atoms with E-state index in [1.54, 1.807) is 0 Å². The fraction of sp³-hybridized carbons (Fsp3) is 0.533. The molecule has 17 heavy (non-hydrogen) atoms. The van der Waals surface area contributed by atoms with E-state index in [9.17, 15) is 0 Å². The molecule has 0 atom stereocenters. The fourth-order valence-corrected chi connectivity index (χ4v) is 2.26. The van der Waals surface area contributed by atoms with E-state index in [1.807, 2.05) is 0 Å². The number of nitrogens with one attached hydrogen (secondary N) is 1. The predicted molar refractivity (Wildman–Crippen MR) is 74.1 cm³/mol. The van der Waals surface area contributed by atoms with Crippen LogP contribution in [0.3, 0.4) is 0 Å². The Hall–Kier alpha value is -1.31. The Labute approximate surface area is 104 Å². The van der Waals surface area contributed by atoms with Gasteiger partial charge in [-0.1, -0.05) is 32.9 Å². The smallest absolute Gasteiger partial charge is 0.100 e. The summed E-state index contributed by atoms with van der Waals surface area (Å²) in [6, 6.07) is 8.69. The molecular formula is C15H22N2. The van der Waals surface area contributed by atoms with Gasteiger partial charge in [0, 0.05) is 18.7 Å². The Bertz CT molecular complexity index is 398. The van der Waals surface area contributed by atoms with Crippen molar-refractivity contribution in [2.75, 3.05) is 11.4 Å². The Kier molecular flexibility index (Phi) is 3.23. The topological polar surface area (TPSA) is 27.1 Å². The SMILES string of the molecule is CC(C)(C)c1ccc(N2CCCCC2=N)cc1. The highest BCUT2D eigenvalue weighted by atomic mass is 15.2. The molecule has 0 amide bonds. The molecule has 0 spiro atoms. The van der Waals surface area contributed by atoms with Crippen LogP contribution < -0.4 is 4.90 Å². The number of piperidine rings is 1. The average molecular weight is 230 g/mol. The molecule has 1 N–H and O–H groups in total. The summed E-state index contributed by atoms with van der Waals surface area (Å²) in [7, 11) is 0. The summed E-state index contributed by atoms with van der Waals surface area (Å²) >= 11 is 0. The number of benzene rings is 1. The van der Waals surface area contributed by atoms with Crippen molar-refractivity contribution in [2.24, 2.45) is 0 Å². The number of anilines is 1. The minimum atomic E-state index is 0.202. The predicted octanol–water partition coefficient (Wildman–Crippen LogP) is 3.95. The van der Waals surface area contributed by atoms with Crippen molar-refractivity contribution in [1.29, 1.82) is 5.41 Å². The zero-order chi connectivity index (χ0) is 12.5. The molecule has 1 aliphatic heterocycles. The molecule has 1 aliphatic rings. The van der Waals surface area contributed by atoms with Crippen LogP contribution in [0.15, 0.2) is 24.3 Å². The standard InChI is InChI=1S/C15H22N2/c1-15(2,3)12-7-9-13(10-8-12)17-11-5-4-6-14(17)16/h7-10,16H,4-6,11H2,1-3H3. The Morgan fingerprint density at radius 2 is 1.71 bits per heavy atom. The molecule has 2 nitrogen and oxygen atoms in total. The summed E-state index contributed by atoms with van der Waals surface area (Å²) in [6.07, 6.45) is 3.28. The summed E-state index contributed by atoms with van der Waals surface area (Å²) < 4.78 is 0. The number of hydrogen-bond donors (Lipinski definition) is 1. The lowest BCUT2D eigenvalue weighted by atomic mass is 9.87. The fourth-order valence-electron chi connectivity index (χ4n) is 2.26. The van der Waals surface area contributed by atoms with Gasteiger partial charge in [-0.2, -0.15) is 0 Å². The van der Waals surface area contributed by atoms with Gasteiger partial charge in [-0.05, 0) is 36.0 Å². The molecule has 0 unspecified atom stereocenters. The maximum atomic E-state index is 7.99. The van der Waals surface area contributed by atoms with Crippen molar-refractivity contribution in [3.63, 3.8) is 0 Å². The van der Waals surface area contributed by atoms with Crippen LogP contribution in [0.2, 0.25) is 0 Å². The zero-order valence-corrected chi connectivity index (χ0v) is 11.1. The molecule has 2 heteroatoms. The maximum absolute atomic E-state index is 7.99. The summed E-state index contributed by atoms with van der Waals surface area (Å²) in [6.45, 7) is 7.68. The summed E-state index contributed by atoms with van der Waals surface area (Å²) in [5, 5.41) is 7.99. The average Bonchev–Trinajstić information content (AvgIpc) is 2.29. The zero-order valence-electron chi connectivity index (χ0n) is 11.1. The molecule has 1 saturated heterocycles. The Morgan fingerprint density at radius 3 is 2.24 bits per heavy atom. The molecule has 0 radical (unpaired) electrons. The minimum Gasteiger partial charge on any atom is -0.330 e. The quantitative estimate of drug-likeness (QED) is 0.777. The van der Waals surface area contributed by atoms with Crippen LogP contribution in [0.5, 0.6) is 0 Å². The van der Waals surface area contributed by atoms with Crippen LogP contribution in [0.25, 0.3) is 0 Å². The molecular weight excluding hydrogens is 208 g/mol. The second-order valence-corrected chi connectivity index (χ2v) is 5.85. The van der Waals surface area contributed by atoms with Crippen LogP contribution in [0.1, 0.15) is 45.6 Å². The number of amidine groups is 1. The Balaban J connectivity index is 2.20. The van der Waals surface area contributed by atoms with Gasteiger partial charge < -0.3 is 4.90 Å². The van der Waals surface area contributed by atoms with E-state index in [4.69, 9.17) is 5.41 Å². The molecule has 2 rings (SSSR count). The van der Waals surface area contributed by atoms with E-state index in [2.05, 4.69) is 49.9 Å². The first-order valence-corrected chi connectivity index (χ1v) is 6.44. The van der Waals surface area contributed by atoms with Gasteiger partial charge >= 0.3 is 0 Å². The number of rotatable bonds is 1. The molecule has 1 aromatic rings. The van der Waals surface area contributed by atoms with Crippen molar-refractivity contribution >= 4 is 11.5 Å². The van der Waals surface area contributed by atoms with Crippen LogP contribution in [0.4, 0.5) is 5.69 Å². The maximum Gasteiger partial charge on any atom is 0.100 e. The van der Waals surface area contributed by atoms with Crippen molar-refractivity contribution in [3.05, 3.63) is 29.8 Å². The van der Waals surface area contributed by atoms with Crippen LogP contribution in [0, 0.1) is 5.41 Å². The lowest BCUT2D eigenvalue weighted by Crippen LogP contribution is -2.34. The lowest BCUT2D eigenvalue weighted by Gasteiger charge is -2.30. The van der Waals surface area contributed by atoms with Crippen molar-refractivity contribution in [1.82, 2.24) is 0 Å². The third-order valence-electron chi connectivity index (χ3n) is 3.42. The molecule has 0 aromatic heterocycles. The van der Waals surface area contributed by atoms with Gasteiger partial charge in [0.2, 0.25) is 0 Å². The van der Waals surface area contributed by atoms with E-state index >= 15 is 0 Å². The molecule has 0 bridgehead atoms. The summed E-state index contributed by atoms with van der Waals surface area (Å²) in [4.78, 5) is 2.13. The lowest BCUT2D eigenvalue weighted by molar-refractivity contribution is 0.590.